The third-order valence-corrected chi connectivity index (χ3v) is 2.85. The van der Waals surface area contributed by atoms with E-state index in [1.165, 1.54) is 16.3 Å². The molecule has 0 atom stereocenters. The molecular weight excluding hydrogens is 198 g/mol. The van der Waals surface area contributed by atoms with Crippen LogP contribution in [0, 0.1) is 6.92 Å². The van der Waals surface area contributed by atoms with Crippen LogP contribution >= 0.6 is 0 Å². The monoisotopic (exact) mass is 211 g/mol. The maximum atomic E-state index is 5.61. The van der Waals surface area contributed by atoms with E-state index in [4.69, 9.17) is 5.73 Å². The fourth-order valence-electron chi connectivity index (χ4n) is 2.04. The zero-order valence-electron chi connectivity index (χ0n) is 9.14. The minimum atomic E-state index is 0.481. The molecule has 1 aromatic carbocycles. The lowest BCUT2D eigenvalue weighted by Crippen LogP contribution is -1.95. The number of benzene rings is 1. The van der Waals surface area contributed by atoms with E-state index < -0.39 is 0 Å². The molecule has 0 bridgehead atoms. The first-order chi connectivity index (χ1) is 7.78. The molecule has 3 heteroatoms. The van der Waals surface area contributed by atoms with E-state index in [0.717, 1.165) is 11.3 Å². The fraction of sp³-hybridized carbons (Fsp3) is 0.154. The second kappa shape index (κ2) is 3.32. The van der Waals surface area contributed by atoms with Crippen LogP contribution in [-0.4, -0.2) is 9.38 Å². The maximum absolute atomic E-state index is 5.61. The molecule has 2 aromatic heterocycles. The number of imidazole rings is 1. The lowest BCUT2D eigenvalue weighted by atomic mass is 10.1. The van der Waals surface area contributed by atoms with Gasteiger partial charge in [0.15, 0.2) is 0 Å². The quantitative estimate of drug-likeness (QED) is 0.671. The first kappa shape index (κ1) is 9.36. The van der Waals surface area contributed by atoms with Crippen molar-refractivity contribution in [1.29, 1.82) is 0 Å². The van der Waals surface area contributed by atoms with Gasteiger partial charge in [0.25, 0.3) is 0 Å². The van der Waals surface area contributed by atoms with Crippen LogP contribution in [0.2, 0.25) is 0 Å². The number of pyridine rings is 1. The summed E-state index contributed by atoms with van der Waals surface area (Å²) in [5.41, 5.74) is 8.78. The highest BCUT2D eigenvalue weighted by Gasteiger charge is 2.04. The zero-order valence-corrected chi connectivity index (χ0v) is 9.14. The normalized spacial score (nSPS) is 11.4. The third-order valence-electron chi connectivity index (χ3n) is 2.85. The number of hydrogen-bond donors (Lipinski definition) is 1. The summed E-state index contributed by atoms with van der Waals surface area (Å²) in [5.74, 6) is 0. The highest BCUT2D eigenvalue weighted by atomic mass is 15.0. The molecule has 0 aliphatic rings. The Hall–Kier alpha value is -1.87. The predicted molar refractivity (Wildman–Crippen MR) is 65.3 cm³/mol. The van der Waals surface area contributed by atoms with E-state index in [9.17, 15) is 0 Å². The zero-order chi connectivity index (χ0) is 11.1. The second-order valence-corrected chi connectivity index (χ2v) is 4.07. The molecule has 0 fully saturated rings. The molecule has 80 valence electrons. The van der Waals surface area contributed by atoms with Crippen molar-refractivity contribution in [1.82, 2.24) is 9.38 Å². The molecule has 3 aromatic rings. The number of fused-ring (bicyclic) bond motifs is 3. The van der Waals surface area contributed by atoms with Crippen LogP contribution < -0.4 is 5.73 Å². The summed E-state index contributed by atoms with van der Waals surface area (Å²) in [6.45, 7) is 2.58. The van der Waals surface area contributed by atoms with Crippen molar-refractivity contribution < 1.29 is 0 Å². The van der Waals surface area contributed by atoms with Gasteiger partial charge in [-0.25, -0.2) is 4.98 Å². The topological polar surface area (TPSA) is 43.3 Å². The Bertz CT molecular complexity index is 667. The van der Waals surface area contributed by atoms with Gasteiger partial charge in [-0.15, -0.1) is 0 Å². The van der Waals surface area contributed by atoms with Gasteiger partial charge in [0.05, 0.1) is 5.69 Å². The van der Waals surface area contributed by atoms with Crippen LogP contribution in [0.3, 0.4) is 0 Å². The summed E-state index contributed by atoms with van der Waals surface area (Å²) in [7, 11) is 0. The highest BCUT2D eigenvalue weighted by Crippen LogP contribution is 2.20. The maximum Gasteiger partial charge on any atom is 0.144 e. The minimum Gasteiger partial charge on any atom is -0.325 e. The van der Waals surface area contributed by atoms with Gasteiger partial charge in [0.1, 0.15) is 5.65 Å². The summed E-state index contributed by atoms with van der Waals surface area (Å²) in [6, 6.07) is 8.51. The van der Waals surface area contributed by atoms with Crippen LogP contribution in [0.4, 0.5) is 0 Å². The van der Waals surface area contributed by atoms with Gasteiger partial charge >= 0.3 is 0 Å². The molecule has 0 radical (unpaired) electrons. The smallest absolute Gasteiger partial charge is 0.144 e. The summed E-state index contributed by atoms with van der Waals surface area (Å²) in [6.07, 6.45) is 4.01. The molecule has 0 saturated heterocycles. The van der Waals surface area contributed by atoms with E-state index >= 15 is 0 Å². The van der Waals surface area contributed by atoms with Crippen LogP contribution in [0.25, 0.3) is 16.4 Å². The van der Waals surface area contributed by atoms with Gasteiger partial charge in [-0.2, -0.15) is 0 Å². The fourth-order valence-corrected chi connectivity index (χ4v) is 2.04. The first-order valence-corrected chi connectivity index (χ1v) is 5.35. The summed E-state index contributed by atoms with van der Waals surface area (Å²) in [4.78, 5) is 4.53. The minimum absolute atomic E-state index is 0.481. The average molecular weight is 211 g/mol. The van der Waals surface area contributed by atoms with Crippen molar-refractivity contribution in [2.24, 2.45) is 5.73 Å². The molecule has 0 amide bonds. The van der Waals surface area contributed by atoms with E-state index in [2.05, 4.69) is 36.2 Å². The molecular formula is C13H13N3. The summed E-state index contributed by atoms with van der Waals surface area (Å²) < 4.78 is 2.03. The Morgan fingerprint density at radius 2 is 2.19 bits per heavy atom. The van der Waals surface area contributed by atoms with Gasteiger partial charge in [0, 0.05) is 24.3 Å². The van der Waals surface area contributed by atoms with Gasteiger partial charge in [-0.05, 0) is 18.4 Å². The van der Waals surface area contributed by atoms with Crippen molar-refractivity contribution in [3.05, 3.63) is 47.9 Å². The predicted octanol–water partition coefficient (Wildman–Crippen LogP) is 2.25. The Balaban J connectivity index is 2.43. The van der Waals surface area contributed by atoms with Crippen molar-refractivity contribution in [2.75, 3.05) is 0 Å². The van der Waals surface area contributed by atoms with E-state index in [1.807, 2.05) is 16.8 Å². The SMILES string of the molecule is Cc1ccc2c(ccn3cc(CN)nc23)c1. The lowest BCUT2D eigenvalue weighted by Gasteiger charge is -2.01. The van der Waals surface area contributed by atoms with Crippen molar-refractivity contribution >= 4 is 16.4 Å². The van der Waals surface area contributed by atoms with Crippen molar-refractivity contribution in [2.45, 2.75) is 13.5 Å². The molecule has 0 aliphatic heterocycles. The Kier molecular flexibility index (Phi) is 1.94. The number of aryl methyl sites for hydroxylation is 1. The van der Waals surface area contributed by atoms with Crippen LogP contribution in [0.5, 0.6) is 0 Å². The highest BCUT2D eigenvalue weighted by molar-refractivity contribution is 5.94. The summed E-state index contributed by atoms with van der Waals surface area (Å²) in [5, 5.41) is 2.40. The average Bonchev–Trinajstić information content (AvgIpc) is 2.71. The molecule has 0 saturated carbocycles. The van der Waals surface area contributed by atoms with E-state index in [1.54, 1.807) is 0 Å². The number of nitrogens with two attached hydrogens (primary N) is 1. The van der Waals surface area contributed by atoms with Crippen LogP contribution in [-0.2, 0) is 6.54 Å². The first-order valence-electron chi connectivity index (χ1n) is 5.35. The van der Waals surface area contributed by atoms with Gasteiger partial charge < -0.3 is 10.1 Å². The van der Waals surface area contributed by atoms with Crippen molar-refractivity contribution in [3.8, 4) is 0 Å². The molecule has 0 unspecified atom stereocenters. The largest absolute Gasteiger partial charge is 0.325 e. The molecule has 2 N–H and O–H groups in total. The van der Waals surface area contributed by atoms with E-state index in [-0.39, 0.29) is 0 Å². The Labute approximate surface area is 93.5 Å². The van der Waals surface area contributed by atoms with Gasteiger partial charge in [0.2, 0.25) is 0 Å². The number of rotatable bonds is 1. The third kappa shape index (κ3) is 1.29. The standard InChI is InChI=1S/C13H13N3/c1-9-2-3-12-10(6-9)4-5-16-8-11(7-14)15-13(12)16/h2-6,8H,7,14H2,1H3. The molecule has 3 nitrogen and oxygen atoms in total. The molecule has 2 heterocycles. The lowest BCUT2D eigenvalue weighted by molar-refractivity contribution is 1.02. The molecule has 3 rings (SSSR count). The number of nitrogens with zero attached hydrogens (tertiary/aromatic N) is 2. The van der Waals surface area contributed by atoms with Crippen LogP contribution in [0.1, 0.15) is 11.3 Å². The van der Waals surface area contributed by atoms with Crippen LogP contribution in [0.15, 0.2) is 36.7 Å². The molecule has 16 heavy (non-hydrogen) atoms. The van der Waals surface area contributed by atoms with Gasteiger partial charge in [-0.1, -0.05) is 23.8 Å². The molecule has 0 aliphatic carbocycles. The number of aromatic nitrogens is 2. The van der Waals surface area contributed by atoms with E-state index in [0.29, 0.717) is 6.54 Å². The number of hydrogen-bond acceptors (Lipinski definition) is 2. The Morgan fingerprint density at radius 3 is 3.00 bits per heavy atom. The second-order valence-electron chi connectivity index (χ2n) is 4.07. The molecule has 0 spiro atoms. The summed E-state index contributed by atoms with van der Waals surface area (Å²) >= 11 is 0. The van der Waals surface area contributed by atoms with Crippen molar-refractivity contribution in [3.63, 3.8) is 0 Å². The Morgan fingerprint density at radius 1 is 1.31 bits per heavy atom. The van der Waals surface area contributed by atoms with Gasteiger partial charge in [-0.3, -0.25) is 0 Å².